The van der Waals surface area contributed by atoms with Gasteiger partial charge in [-0.25, -0.2) is 0 Å². The molecule has 0 bridgehead atoms. The third-order valence-electron chi connectivity index (χ3n) is 14.6. The Morgan fingerprint density at radius 3 is 0.853 bits per heavy atom. The summed E-state index contributed by atoms with van der Waals surface area (Å²) >= 11 is 0. The van der Waals surface area contributed by atoms with Crippen LogP contribution in [0.4, 0.5) is 0 Å². The summed E-state index contributed by atoms with van der Waals surface area (Å²) in [5.41, 5.74) is 0. The van der Waals surface area contributed by atoms with Gasteiger partial charge in [-0.1, -0.05) is 333 Å². The lowest BCUT2D eigenvalue weighted by atomic mass is 10.0. The van der Waals surface area contributed by atoms with Crippen LogP contribution in [-0.2, 0) is 4.79 Å². The predicted molar refractivity (Wildman–Crippen MR) is 304 cm³/mol. The molecule has 0 heterocycles. The Balaban J connectivity index is 3.49. The first-order valence-electron chi connectivity index (χ1n) is 31.2. The maximum Gasteiger partial charge on any atom is 0.220 e. The number of amides is 1. The molecule has 0 aliphatic carbocycles. The van der Waals surface area contributed by atoms with Gasteiger partial charge < -0.3 is 15.5 Å². The molecule has 0 aliphatic rings. The van der Waals surface area contributed by atoms with Gasteiger partial charge in [-0.05, 0) is 44.9 Å². The SMILES string of the molecule is CCCCCCCCCCCCCCCCCCC/C=C/CC/C=C/CC/C=C/C(O)C(CO)NC(=O)CCCCCCCCCCCCCCCCCCCCCCCCCCCCCCC. The van der Waals surface area contributed by atoms with Crippen molar-refractivity contribution in [3.05, 3.63) is 36.5 Å². The first kappa shape index (κ1) is 66.6. The molecule has 0 aromatic carbocycles. The number of unbranched alkanes of at least 4 members (excludes halogenated alkanes) is 47. The first-order valence-corrected chi connectivity index (χ1v) is 31.2. The highest BCUT2D eigenvalue weighted by molar-refractivity contribution is 5.76. The predicted octanol–water partition coefficient (Wildman–Crippen LogP) is 20.8. The van der Waals surface area contributed by atoms with Crippen LogP contribution >= 0.6 is 0 Å². The van der Waals surface area contributed by atoms with E-state index in [1.165, 1.54) is 289 Å². The Labute approximate surface area is 427 Å². The van der Waals surface area contributed by atoms with Crippen molar-refractivity contribution in [2.24, 2.45) is 0 Å². The minimum absolute atomic E-state index is 0.0706. The van der Waals surface area contributed by atoms with Crippen LogP contribution in [0.25, 0.3) is 0 Å². The molecule has 0 fully saturated rings. The molecule has 2 atom stereocenters. The molecule has 0 saturated carbocycles. The van der Waals surface area contributed by atoms with Gasteiger partial charge in [0.25, 0.3) is 0 Å². The number of allylic oxidation sites excluding steroid dienone is 5. The molecule has 1 amide bonds. The van der Waals surface area contributed by atoms with Crippen LogP contribution in [0.15, 0.2) is 36.5 Å². The van der Waals surface area contributed by atoms with Crippen molar-refractivity contribution < 1.29 is 15.0 Å². The van der Waals surface area contributed by atoms with E-state index in [-0.39, 0.29) is 12.5 Å². The maximum atomic E-state index is 12.5. The average Bonchev–Trinajstić information content (AvgIpc) is 3.34. The van der Waals surface area contributed by atoms with Crippen molar-refractivity contribution in [3.8, 4) is 0 Å². The lowest BCUT2D eigenvalue weighted by Crippen LogP contribution is -2.45. The molecule has 0 aliphatic heterocycles. The highest BCUT2D eigenvalue weighted by Gasteiger charge is 2.18. The molecule has 3 N–H and O–H groups in total. The Bertz CT molecular complexity index is 1040. The van der Waals surface area contributed by atoms with Crippen molar-refractivity contribution in [1.82, 2.24) is 5.32 Å². The molecule has 0 rings (SSSR count). The molecule has 4 heteroatoms. The lowest BCUT2D eigenvalue weighted by molar-refractivity contribution is -0.123. The average molecular weight is 955 g/mol. The van der Waals surface area contributed by atoms with Crippen LogP contribution in [0, 0.1) is 0 Å². The van der Waals surface area contributed by atoms with Gasteiger partial charge in [0.05, 0.1) is 18.8 Å². The second-order valence-corrected chi connectivity index (χ2v) is 21.5. The third-order valence-corrected chi connectivity index (χ3v) is 14.6. The van der Waals surface area contributed by atoms with Gasteiger partial charge in [0.1, 0.15) is 0 Å². The van der Waals surface area contributed by atoms with Crippen LogP contribution in [0.1, 0.15) is 348 Å². The van der Waals surface area contributed by atoms with E-state index in [1.807, 2.05) is 6.08 Å². The van der Waals surface area contributed by atoms with E-state index in [2.05, 4.69) is 43.5 Å². The molecule has 68 heavy (non-hydrogen) atoms. The van der Waals surface area contributed by atoms with Gasteiger partial charge in [-0.3, -0.25) is 4.79 Å². The number of carbonyl (C=O) groups is 1. The fourth-order valence-corrected chi connectivity index (χ4v) is 9.86. The van der Waals surface area contributed by atoms with Gasteiger partial charge in [0.2, 0.25) is 5.91 Å². The molecule has 0 aromatic rings. The summed E-state index contributed by atoms with van der Waals surface area (Å²) in [5, 5.41) is 23.2. The normalized spacial score (nSPS) is 12.9. The van der Waals surface area contributed by atoms with Crippen LogP contribution < -0.4 is 5.32 Å². The fraction of sp³-hybridized carbons (Fsp3) is 0.891. The molecule has 402 valence electrons. The molecular weight excluding hydrogens is 831 g/mol. The van der Waals surface area contributed by atoms with Crippen molar-refractivity contribution >= 4 is 5.91 Å². The van der Waals surface area contributed by atoms with Gasteiger partial charge >= 0.3 is 0 Å². The van der Waals surface area contributed by atoms with E-state index < -0.39 is 12.1 Å². The van der Waals surface area contributed by atoms with E-state index in [1.54, 1.807) is 6.08 Å². The number of aliphatic hydroxyl groups excluding tert-OH is 2. The van der Waals surface area contributed by atoms with Crippen LogP contribution in [0.3, 0.4) is 0 Å². The third kappa shape index (κ3) is 55.5. The van der Waals surface area contributed by atoms with Gasteiger partial charge in [0.15, 0.2) is 0 Å². The highest BCUT2D eigenvalue weighted by Crippen LogP contribution is 2.18. The van der Waals surface area contributed by atoms with Crippen molar-refractivity contribution in [2.75, 3.05) is 6.61 Å². The molecule has 0 spiro atoms. The van der Waals surface area contributed by atoms with E-state index in [9.17, 15) is 15.0 Å². The van der Waals surface area contributed by atoms with Gasteiger partial charge in [-0.15, -0.1) is 0 Å². The standard InChI is InChI=1S/C64H123NO3/c1-3-5-7-9-11-13-15-17-19-21-23-25-27-29-31-32-34-36-38-40-42-44-46-48-50-52-54-56-58-60-64(68)65-62(61-66)63(67)59-57-55-53-51-49-47-45-43-41-39-37-35-33-30-28-26-24-22-20-18-16-14-12-10-8-6-4-2/h41,43,49,51,57,59,62-63,66-67H,3-40,42,44-48,50,52-56,58,60-61H2,1-2H3,(H,65,68)/b43-41+,51-49+,59-57+. The summed E-state index contributed by atoms with van der Waals surface area (Å²) < 4.78 is 0. The second kappa shape index (κ2) is 59.9. The topological polar surface area (TPSA) is 69.6 Å². The minimum Gasteiger partial charge on any atom is -0.394 e. The van der Waals surface area contributed by atoms with Crippen molar-refractivity contribution in [1.29, 1.82) is 0 Å². The van der Waals surface area contributed by atoms with Crippen molar-refractivity contribution in [2.45, 2.75) is 360 Å². The Hall–Kier alpha value is -1.39. The summed E-state index contributed by atoms with van der Waals surface area (Å²) in [7, 11) is 0. The van der Waals surface area contributed by atoms with Gasteiger partial charge in [-0.2, -0.15) is 0 Å². The van der Waals surface area contributed by atoms with Gasteiger partial charge in [0, 0.05) is 6.42 Å². The van der Waals surface area contributed by atoms with E-state index in [4.69, 9.17) is 0 Å². The molecule has 0 aromatic heterocycles. The highest BCUT2D eigenvalue weighted by atomic mass is 16.3. The summed E-state index contributed by atoms with van der Waals surface area (Å²) in [6, 6.07) is -0.645. The summed E-state index contributed by atoms with van der Waals surface area (Å²) in [4.78, 5) is 12.5. The van der Waals surface area contributed by atoms with Crippen LogP contribution in [0.2, 0.25) is 0 Å². The monoisotopic (exact) mass is 954 g/mol. The Kier molecular flexibility index (Phi) is 58.7. The number of hydrogen-bond donors (Lipinski definition) is 3. The number of aliphatic hydroxyl groups is 2. The molecule has 4 nitrogen and oxygen atoms in total. The maximum absolute atomic E-state index is 12.5. The van der Waals surface area contributed by atoms with Crippen LogP contribution in [0.5, 0.6) is 0 Å². The zero-order valence-corrected chi connectivity index (χ0v) is 46.4. The number of rotatable bonds is 58. The van der Waals surface area contributed by atoms with Crippen molar-refractivity contribution in [3.63, 3.8) is 0 Å². The lowest BCUT2D eigenvalue weighted by Gasteiger charge is -2.19. The van der Waals surface area contributed by atoms with Crippen LogP contribution in [-0.4, -0.2) is 34.9 Å². The zero-order valence-electron chi connectivity index (χ0n) is 46.4. The molecule has 2 unspecified atom stereocenters. The van der Waals surface area contributed by atoms with E-state index >= 15 is 0 Å². The fourth-order valence-electron chi connectivity index (χ4n) is 9.86. The molecule has 0 radical (unpaired) electrons. The smallest absolute Gasteiger partial charge is 0.220 e. The summed E-state index contributed by atoms with van der Waals surface area (Å²) in [6.07, 6.45) is 82.0. The van der Waals surface area contributed by atoms with E-state index in [0.717, 1.165) is 38.5 Å². The number of carbonyl (C=O) groups excluding carboxylic acids is 1. The minimum atomic E-state index is -0.870. The zero-order chi connectivity index (χ0) is 49.2. The summed E-state index contributed by atoms with van der Waals surface area (Å²) in [6.45, 7) is 4.34. The second-order valence-electron chi connectivity index (χ2n) is 21.5. The first-order chi connectivity index (χ1) is 33.7. The molecule has 0 saturated heterocycles. The molecular formula is C64H123NO3. The Morgan fingerprint density at radius 1 is 0.338 bits per heavy atom. The van der Waals surface area contributed by atoms with E-state index in [0.29, 0.717) is 6.42 Å². The number of nitrogens with one attached hydrogen (secondary N) is 1. The quantitative estimate of drug-likeness (QED) is 0.0420. The summed E-state index contributed by atoms with van der Waals surface area (Å²) in [5.74, 6) is -0.0706. The largest absolute Gasteiger partial charge is 0.394 e. The number of hydrogen-bond acceptors (Lipinski definition) is 3. The Morgan fingerprint density at radius 2 is 0.574 bits per heavy atom.